The Morgan fingerprint density at radius 2 is 1.90 bits per heavy atom. The number of carbonyl (C=O) groups is 3. The van der Waals surface area contributed by atoms with Crippen LogP contribution in [0.1, 0.15) is 47.0 Å². The van der Waals surface area contributed by atoms with Gasteiger partial charge in [-0.1, -0.05) is 48.5 Å². The Hall–Kier alpha value is -4.68. The molecule has 3 heterocycles. The van der Waals surface area contributed by atoms with Crippen LogP contribution < -0.4 is 11.1 Å². The molecule has 1 fully saturated rings. The van der Waals surface area contributed by atoms with Crippen molar-refractivity contribution in [3.63, 3.8) is 0 Å². The van der Waals surface area contributed by atoms with E-state index in [1.54, 1.807) is 60.0 Å². The third-order valence-electron chi connectivity index (χ3n) is 6.80. The molecule has 12 heteroatoms. The van der Waals surface area contributed by atoms with E-state index in [2.05, 4.69) is 20.3 Å². The molecule has 0 aliphatic carbocycles. The van der Waals surface area contributed by atoms with Gasteiger partial charge >= 0.3 is 5.97 Å². The van der Waals surface area contributed by atoms with E-state index < -0.39 is 36.2 Å². The van der Waals surface area contributed by atoms with Crippen molar-refractivity contribution in [1.29, 1.82) is 0 Å². The average Bonchev–Trinajstić information content (AvgIpc) is 3.58. The number of nitrogens with two attached hydrogens (primary N) is 1. The first-order valence-electron chi connectivity index (χ1n) is 12.7. The summed E-state index contributed by atoms with van der Waals surface area (Å²) in [5.74, 6) is -1.60. The zero-order valence-corrected chi connectivity index (χ0v) is 21.6. The number of imidazole rings is 1. The smallest absolute Gasteiger partial charge is 0.325 e. The molecule has 0 saturated carbocycles. The van der Waals surface area contributed by atoms with Gasteiger partial charge in [0.25, 0.3) is 0 Å². The highest BCUT2D eigenvalue weighted by molar-refractivity contribution is 6.09. The number of carbonyl (C=O) groups excluding carboxylic acids is 3. The number of nitrogens with one attached hydrogen (secondary N) is 1. The molecule has 4 aromatic rings. The number of nitrogen functional groups attached to an aromatic ring is 1. The number of aromatic nitrogens is 4. The summed E-state index contributed by atoms with van der Waals surface area (Å²) in [5.41, 5.74) is 8.38. The number of nitrogens with zero attached hydrogens (tertiary/aromatic N) is 4. The molecule has 1 aliphatic heterocycles. The lowest BCUT2D eigenvalue weighted by Gasteiger charge is -2.16. The highest BCUT2D eigenvalue weighted by Gasteiger charge is 2.36. The van der Waals surface area contributed by atoms with E-state index in [1.165, 1.54) is 12.7 Å². The number of hydrogen-bond donors (Lipinski definition) is 3. The minimum atomic E-state index is -0.894. The SMILES string of the molecule is C[C@H](C(=O)NCC(=O)OC[C@H]1O[C@@H](n2cnc3c(N)ncnc32)C[C@@H]1O)c1cccc(C(=O)c2ccccc2)c1. The van der Waals surface area contributed by atoms with E-state index >= 15 is 0 Å². The van der Waals surface area contributed by atoms with Gasteiger partial charge in [-0.15, -0.1) is 0 Å². The molecule has 206 valence electrons. The topological polar surface area (TPSA) is 172 Å². The summed E-state index contributed by atoms with van der Waals surface area (Å²) in [5, 5.41) is 13.0. The Labute approximate surface area is 229 Å². The first-order chi connectivity index (χ1) is 19.3. The third kappa shape index (κ3) is 5.67. The number of hydrogen-bond acceptors (Lipinski definition) is 10. The van der Waals surface area contributed by atoms with Gasteiger partial charge in [-0.3, -0.25) is 19.0 Å². The van der Waals surface area contributed by atoms with Gasteiger partial charge in [0.15, 0.2) is 17.2 Å². The number of aliphatic hydroxyl groups excluding tert-OH is 1. The third-order valence-corrected chi connectivity index (χ3v) is 6.80. The molecule has 0 radical (unpaired) electrons. The second-order valence-electron chi connectivity index (χ2n) is 9.46. The Bertz CT molecular complexity index is 1540. The molecule has 0 unspecified atom stereocenters. The van der Waals surface area contributed by atoms with Crippen LogP contribution in [0.5, 0.6) is 0 Å². The number of fused-ring (bicyclic) bond motifs is 1. The van der Waals surface area contributed by atoms with Gasteiger partial charge in [-0.05, 0) is 18.6 Å². The molecule has 40 heavy (non-hydrogen) atoms. The fourth-order valence-corrected chi connectivity index (χ4v) is 4.51. The second-order valence-corrected chi connectivity index (χ2v) is 9.46. The number of ether oxygens (including phenoxy) is 2. The molecule has 4 atom stereocenters. The summed E-state index contributed by atoms with van der Waals surface area (Å²) in [4.78, 5) is 50.1. The van der Waals surface area contributed by atoms with Crippen LogP contribution in [0.4, 0.5) is 5.82 Å². The van der Waals surface area contributed by atoms with E-state index in [9.17, 15) is 19.5 Å². The molecule has 0 bridgehead atoms. The van der Waals surface area contributed by atoms with Crippen LogP contribution in [0.15, 0.2) is 67.3 Å². The molecule has 0 spiro atoms. The van der Waals surface area contributed by atoms with E-state index in [4.69, 9.17) is 15.2 Å². The Morgan fingerprint density at radius 3 is 2.70 bits per heavy atom. The Kier molecular flexibility index (Phi) is 7.80. The van der Waals surface area contributed by atoms with Gasteiger partial charge in [0.1, 0.15) is 37.3 Å². The Morgan fingerprint density at radius 1 is 1.12 bits per heavy atom. The van der Waals surface area contributed by atoms with Crippen LogP contribution in [0, 0.1) is 0 Å². The van der Waals surface area contributed by atoms with E-state index in [1.807, 2.05) is 6.07 Å². The molecule has 1 saturated heterocycles. The summed E-state index contributed by atoms with van der Waals surface area (Å²) in [6, 6.07) is 15.7. The predicted octanol–water partition coefficient (Wildman–Crippen LogP) is 1.75. The number of ketones is 1. The molecule has 12 nitrogen and oxygen atoms in total. The second kappa shape index (κ2) is 11.6. The normalized spacial score (nSPS) is 19.3. The van der Waals surface area contributed by atoms with Gasteiger partial charge in [-0.25, -0.2) is 15.0 Å². The number of amides is 1. The number of aliphatic hydroxyl groups is 1. The lowest BCUT2D eigenvalue weighted by molar-refractivity contribution is -0.150. The number of esters is 1. The molecule has 4 N–H and O–H groups in total. The molecule has 2 aromatic carbocycles. The Balaban J connectivity index is 1.11. The predicted molar refractivity (Wildman–Crippen MR) is 143 cm³/mol. The summed E-state index contributed by atoms with van der Waals surface area (Å²) in [6.07, 6.45) is 0.808. The van der Waals surface area contributed by atoms with Crippen molar-refractivity contribution in [2.45, 2.75) is 37.7 Å². The van der Waals surface area contributed by atoms with Gasteiger partial charge in [-0.2, -0.15) is 0 Å². The van der Waals surface area contributed by atoms with Crippen molar-refractivity contribution < 1.29 is 29.0 Å². The standard InChI is InChI=1S/C28H28N6O6/c1-16(18-8-5-9-19(10-18)25(37)17-6-3-2-4-7-17)28(38)30-12-23(36)39-13-21-20(35)11-22(40-21)34-15-33-24-26(29)31-14-32-27(24)34/h2-10,14-16,20-22,35H,11-13H2,1H3,(H,30,38)(H2,29,31,32)/t16-,20-,21+,22+/m0/s1. The lowest BCUT2D eigenvalue weighted by atomic mass is 9.95. The van der Waals surface area contributed by atoms with E-state index in [0.29, 0.717) is 27.9 Å². The highest BCUT2D eigenvalue weighted by Crippen LogP contribution is 2.31. The zero-order chi connectivity index (χ0) is 28.2. The van der Waals surface area contributed by atoms with E-state index in [-0.39, 0.29) is 31.2 Å². The number of anilines is 1. The molecule has 1 aliphatic rings. The summed E-state index contributed by atoms with van der Waals surface area (Å²) in [6.45, 7) is 1.13. The minimum absolute atomic E-state index is 0.143. The van der Waals surface area contributed by atoms with Crippen LogP contribution in [0.3, 0.4) is 0 Å². The van der Waals surface area contributed by atoms with Gasteiger partial charge < -0.3 is 25.6 Å². The molecular formula is C28H28N6O6. The average molecular weight is 545 g/mol. The monoisotopic (exact) mass is 544 g/mol. The minimum Gasteiger partial charge on any atom is -0.462 e. The first kappa shape index (κ1) is 26.9. The number of benzene rings is 2. The van der Waals surface area contributed by atoms with Crippen LogP contribution in [0.25, 0.3) is 11.2 Å². The van der Waals surface area contributed by atoms with E-state index in [0.717, 1.165) is 0 Å². The van der Waals surface area contributed by atoms with Crippen molar-refractivity contribution in [2.24, 2.45) is 0 Å². The molecular weight excluding hydrogens is 516 g/mol. The van der Waals surface area contributed by atoms with Gasteiger partial charge in [0.2, 0.25) is 5.91 Å². The van der Waals surface area contributed by atoms with Gasteiger partial charge in [0.05, 0.1) is 18.3 Å². The van der Waals surface area contributed by atoms with Crippen LogP contribution in [-0.4, -0.2) is 67.6 Å². The van der Waals surface area contributed by atoms with Crippen LogP contribution >= 0.6 is 0 Å². The largest absolute Gasteiger partial charge is 0.462 e. The number of rotatable bonds is 9. The molecule has 5 rings (SSSR count). The summed E-state index contributed by atoms with van der Waals surface area (Å²) in [7, 11) is 0. The summed E-state index contributed by atoms with van der Waals surface area (Å²) < 4.78 is 12.8. The first-order valence-corrected chi connectivity index (χ1v) is 12.7. The van der Waals surface area contributed by atoms with Crippen molar-refractivity contribution >= 4 is 34.6 Å². The summed E-state index contributed by atoms with van der Waals surface area (Å²) >= 11 is 0. The van der Waals surface area contributed by atoms with Crippen molar-refractivity contribution in [2.75, 3.05) is 18.9 Å². The van der Waals surface area contributed by atoms with Crippen molar-refractivity contribution in [3.05, 3.63) is 83.9 Å². The maximum absolute atomic E-state index is 12.8. The molecule has 2 aromatic heterocycles. The fourth-order valence-electron chi connectivity index (χ4n) is 4.51. The lowest BCUT2D eigenvalue weighted by Crippen LogP contribution is -2.35. The quantitative estimate of drug-likeness (QED) is 0.208. The van der Waals surface area contributed by atoms with Gasteiger partial charge in [0, 0.05) is 17.5 Å². The fraction of sp³-hybridized carbons (Fsp3) is 0.286. The zero-order valence-electron chi connectivity index (χ0n) is 21.6. The highest BCUT2D eigenvalue weighted by atomic mass is 16.6. The van der Waals surface area contributed by atoms with Crippen LogP contribution in [0.2, 0.25) is 0 Å². The maximum Gasteiger partial charge on any atom is 0.325 e. The van der Waals surface area contributed by atoms with Crippen LogP contribution in [-0.2, 0) is 19.1 Å². The van der Waals surface area contributed by atoms with Crippen molar-refractivity contribution in [3.8, 4) is 0 Å². The maximum atomic E-state index is 12.8. The van der Waals surface area contributed by atoms with Crippen molar-refractivity contribution in [1.82, 2.24) is 24.8 Å². The molecule has 1 amide bonds.